The Kier molecular flexibility index (Phi) is 4.79. The second kappa shape index (κ2) is 6.86. The van der Waals surface area contributed by atoms with E-state index in [4.69, 9.17) is 4.74 Å². The van der Waals surface area contributed by atoms with Crippen molar-refractivity contribution in [3.63, 3.8) is 0 Å². The van der Waals surface area contributed by atoms with Crippen molar-refractivity contribution >= 4 is 23.4 Å². The first-order chi connectivity index (χ1) is 11.9. The first-order valence-electron chi connectivity index (χ1n) is 8.70. The van der Waals surface area contributed by atoms with E-state index in [1.807, 2.05) is 6.07 Å². The van der Waals surface area contributed by atoms with E-state index in [2.05, 4.69) is 6.92 Å². The molecular weight excluding hydrogens is 320 g/mol. The predicted molar refractivity (Wildman–Crippen MR) is 92.9 cm³/mol. The number of methoxy groups -OCH3 is 1. The summed E-state index contributed by atoms with van der Waals surface area (Å²) in [6.45, 7) is 3.48. The van der Waals surface area contributed by atoms with Crippen molar-refractivity contribution in [3.05, 3.63) is 24.3 Å². The maximum atomic E-state index is 12.8. The fourth-order valence-electron chi connectivity index (χ4n) is 3.94. The summed E-state index contributed by atoms with van der Waals surface area (Å²) in [7, 11) is 1.53. The minimum absolute atomic E-state index is 0.0608. The molecule has 2 fully saturated rings. The Labute approximate surface area is 147 Å². The molecule has 0 N–H and O–H groups in total. The van der Waals surface area contributed by atoms with Crippen LogP contribution in [0.2, 0.25) is 0 Å². The highest BCUT2D eigenvalue weighted by atomic mass is 16.5. The van der Waals surface area contributed by atoms with Crippen LogP contribution in [0.3, 0.4) is 0 Å². The van der Waals surface area contributed by atoms with Gasteiger partial charge < -0.3 is 4.74 Å². The first-order valence-corrected chi connectivity index (χ1v) is 8.70. The molecule has 1 aromatic carbocycles. The summed E-state index contributed by atoms with van der Waals surface area (Å²) in [6, 6.07) is 7.10. The number of rotatable bonds is 4. The Morgan fingerprint density at radius 1 is 1.20 bits per heavy atom. The van der Waals surface area contributed by atoms with E-state index in [9.17, 15) is 14.4 Å². The maximum Gasteiger partial charge on any atom is 0.234 e. The smallest absolute Gasteiger partial charge is 0.234 e. The molecule has 0 bridgehead atoms. The van der Waals surface area contributed by atoms with Crippen LogP contribution < -0.4 is 9.64 Å². The van der Waals surface area contributed by atoms with E-state index in [0.717, 1.165) is 19.3 Å². The van der Waals surface area contributed by atoms with Gasteiger partial charge in [0, 0.05) is 6.92 Å². The molecular formula is C19H24N2O4. The number of hydrogen-bond acceptors (Lipinski definition) is 4. The minimum atomic E-state index is -0.242. The number of carbonyl (C=O) groups excluding carboxylic acids is 3. The number of amides is 3. The third-order valence-corrected chi connectivity index (χ3v) is 5.32. The number of hydrogen-bond donors (Lipinski definition) is 0. The Morgan fingerprint density at radius 2 is 1.88 bits per heavy atom. The number of likely N-dealkylation sites (tertiary alicyclic amines) is 1. The molecule has 1 saturated heterocycles. The summed E-state index contributed by atoms with van der Waals surface area (Å²) in [5.41, 5.74) is 0.557. The monoisotopic (exact) mass is 344 g/mol. The number of anilines is 1. The number of carbonyl (C=O) groups is 3. The minimum Gasteiger partial charge on any atom is -0.495 e. The number of benzene rings is 1. The van der Waals surface area contributed by atoms with Crippen LogP contribution in [0.15, 0.2) is 24.3 Å². The zero-order chi connectivity index (χ0) is 18.1. The predicted octanol–water partition coefficient (Wildman–Crippen LogP) is 2.43. The van der Waals surface area contributed by atoms with Gasteiger partial charge in [-0.15, -0.1) is 0 Å². The topological polar surface area (TPSA) is 66.9 Å². The van der Waals surface area contributed by atoms with Gasteiger partial charge >= 0.3 is 0 Å². The summed E-state index contributed by atoms with van der Waals surface area (Å²) in [4.78, 5) is 40.4. The van der Waals surface area contributed by atoms with Gasteiger partial charge in [0.25, 0.3) is 0 Å². The average Bonchev–Trinajstić information content (AvgIpc) is 2.83. The lowest BCUT2D eigenvalue weighted by Gasteiger charge is -2.27. The lowest BCUT2D eigenvalue weighted by Crippen LogP contribution is -2.44. The zero-order valence-electron chi connectivity index (χ0n) is 14.9. The fraction of sp³-hybridized carbons (Fsp3) is 0.526. The highest BCUT2D eigenvalue weighted by molar-refractivity contribution is 6.06. The van der Waals surface area contributed by atoms with Crippen molar-refractivity contribution in [2.24, 2.45) is 17.8 Å². The molecule has 1 heterocycles. The number of para-hydroxylation sites is 2. The molecule has 0 spiro atoms. The van der Waals surface area contributed by atoms with Crippen LogP contribution in [-0.2, 0) is 14.4 Å². The van der Waals surface area contributed by atoms with Gasteiger partial charge in [-0.05, 0) is 37.3 Å². The van der Waals surface area contributed by atoms with E-state index >= 15 is 0 Å². The highest BCUT2D eigenvalue weighted by Crippen LogP contribution is 2.41. The molecule has 1 aromatic rings. The molecule has 2 aliphatic rings. The van der Waals surface area contributed by atoms with E-state index in [-0.39, 0.29) is 36.2 Å². The van der Waals surface area contributed by atoms with Gasteiger partial charge in [-0.3, -0.25) is 24.2 Å². The number of fused-ring (bicyclic) bond motifs is 1. The van der Waals surface area contributed by atoms with Gasteiger partial charge in [0.1, 0.15) is 12.4 Å². The molecule has 3 amide bonds. The summed E-state index contributed by atoms with van der Waals surface area (Å²) >= 11 is 0. The zero-order valence-corrected chi connectivity index (χ0v) is 14.9. The molecule has 6 nitrogen and oxygen atoms in total. The van der Waals surface area contributed by atoms with Crippen LogP contribution in [0.4, 0.5) is 5.69 Å². The van der Waals surface area contributed by atoms with Gasteiger partial charge in [0.15, 0.2) is 0 Å². The van der Waals surface area contributed by atoms with Crippen LogP contribution in [0.1, 0.15) is 33.1 Å². The molecule has 25 heavy (non-hydrogen) atoms. The Bertz CT molecular complexity index is 702. The van der Waals surface area contributed by atoms with Crippen LogP contribution in [0.5, 0.6) is 5.75 Å². The Morgan fingerprint density at radius 3 is 2.56 bits per heavy atom. The molecule has 1 aliphatic heterocycles. The maximum absolute atomic E-state index is 12.8. The van der Waals surface area contributed by atoms with Crippen LogP contribution in [0, 0.1) is 17.8 Å². The number of nitrogens with zero attached hydrogens (tertiary/aromatic N) is 2. The van der Waals surface area contributed by atoms with Crippen molar-refractivity contribution in [1.82, 2.24) is 4.90 Å². The molecule has 0 unspecified atom stereocenters. The lowest BCUT2D eigenvalue weighted by molar-refractivity contribution is -0.140. The third-order valence-electron chi connectivity index (χ3n) is 5.32. The molecule has 6 heteroatoms. The third kappa shape index (κ3) is 3.13. The standard InChI is InChI=1S/C19H24N2O4/c1-12-8-9-14-15(10-12)19(24)21(18(14)23)11-20(13(2)22)16-6-4-5-7-17(16)25-3/h4-7,12,14-15H,8-11H2,1-3H3/t12-,14+,15+/m0/s1. The average molecular weight is 344 g/mol. The molecule has 3 rings (SSSR count). The molecule has 3 atom stereocenters. The van der Waals surface area contributed by atoms with Gasteiger partial charge in [0.05, 0.1) is 24.6 Å². The molecule has 0 radical (unpaired) electrons. The largest absolute Gasteiger partial charge is 0.495 e. The summed E-state index contributed by atoms with van der Waals surface area (Å²) in [6.07, 6.45) is 2.47. The molecule has 0 aromatic heterocycles. The van der Waals surface area contributed by atoms with E-state index in [0.29, 0.717) is 17.4 Å². The summed E-state index contributed by atoms with van der Waals surface area (Å²) in [5, 5.41) is 0. The van der Waals surface area contributed by atoms with Crippen LogP contribution in [0.25, 0.3) is 0 Å². The molecule has 1 aliphatic carbocycles. The number of imide groups is 1. The van der Waals surface area contributed by atoms with Crippen molar-refractivity contribution in [2.45, 2.75) is 33.1 Å². The Hall–Kier alpha value is -2.37. The first kappa shape index (κ1) is 17.5. The molecule has 1 saturated carbocycles. The van der Waals surface area contributed by atoms with E-state index in [1.54, 1.807) is 18.2 Å². The van der Waals surface area contributed by atoms with E-state index < -0.39 is 0 Å². The van der Waals surface area contributed by atoms with Gasteiger partial charge in [-0.1, -0.05) is 19.1 Å². The summed E-state index contributed by atoms with van der Waals surface area (Å²) in [5.74, 6) is -0.0177. The normalized spacial score (nSPS) is 25.7. The summed E-state index contributed by atoms with van der Waals surface area (Å²) < 4.78 is 5.32. The second-order valence-electron chi connectivity index (χ2n) is 7.00. The SMILES string of the molecule is COc1ccccc1N(CN1C(=O)[C@@H]2CC[C@H](C)C[C@H]2C1=O)C(C)=O. The van der Waals surface area contributed by atoms with Crippen LogP contribution >= 0.6 is 0 Å². The second-order valence-corrected chi connectivity index (χ2v) is 7.00. The van der Waals surface area contributed by atoms with Crippen molar-refractivity contribution < 1.29 is 19.1 Å². The van der Waals surface area contributed by atoms with Crippen molar-refractivity contribution in [1.29, 1.82) is 0 Å². The lowest BCUT2D eigenvalue weighted by atomic mass is 9.76. The highest BCUT2D eigenvalue weighted by Gasteiger charge is 2.50. The fourth-order valence-corrected chi connectivity index (χ4v) is 3.94. The number of ether oxygens (including phenoxy) is 1. The van der Waals surface area contributed by atoms with Gasteiger partial charge in [0.2, 0.25) is 17.7 Å². The van der Waals surface area contributed by atoms with E-state index in [1.165, 1.54) is 23.8 Å². The quantitative estimate of drug-likeness (QED) is 0.787. The van der Waals surface area contributed by atoms with Crippen molar-refractivity contribution in [2.75, 3.05) is 18.7 Å². The van der Waals surface area contributed by atoms with Gasteiger partial charge in [-0.2, -0.15) is 0 Å². The van der Waals surface area contributed by atoms with Crippen molar-refractivity contribution in [3.8, 4) is 5.75 Å². The Balaban J connectivity index is 1.87. The molecule has 134 valence electrons. The van der Waals surface area contributed by atoms with Gasteiger partial charge in [-0.25, -0.2) is 0 Å². The van der Waals surface area contributed by atoms with Crippen LogP contribution in [-0.4, -0.2) is 36.4 Å².